The molecule has 1 heterocycles. The summed E-state index contributed by atoms with van der Waals surface area (Å²) >= 11 is 0. The maximum atomic E-state index is 12.6. The van der Waals surface area contributed by atoms with Gasteiger partial charge in [0.15, 0.2) is 0 Å². The molecule has 1 atom stereocenters. The third-order valence-corrected chi connectivity index (χ3v) is 4.70. The van der Waals surface area contributed by atoms with Crippen LogP contribution in [0.2, 0.25) is 0 Å². The number of benzene rings is 1. The fourth-order valence-corrected chi connectivity index (χ4v) is 3.42. The van der Waals surface area contributed by atoms with Crippen molar-refractivity contribution in [3.05, 3.63) is 66.0 Å². The van der Waals surface area contributed by atoms with Crippen LogP contribution in [0.15, 0.2) is 54.7 Å². The Bertz CT molecular complexity index is 612. The van der Waals surface area contributed by atoms with Gasteiger partial charge in [-0.25, -0.2) is 0 Å². The van der Waals surface area contributed by atoms with Gasteiger partial charge in [0, 0.05) is 6.20 Å². The number of pyridine rings is 1. The Morgan fingerprint density at radius 1 is 1.08 bits per heavy atom. The molecule has 4 heteroatoms. The smallest absolute Gasteiger partial charge is 0.223 e. The van der Waals surface area contributed by atoms with Crippen molar-refractivity contribution in [2.24, 2.45) is 0 Å². The van der Waals surface area contributed by atoms with Gasteiger partial charge in [-0.05, 0) is 30.5 Å². The Balaban J connectivity index is 1.76. The van der Waals surface area contributed by atoms with Crippen molar-refractivity contribution in [2.75, 3.05) is 0 Å². The lowest BCUT2D eigenvalue weighted by atomic mass is 9.82. The molecule has 1 unspecified atom stereocenters. The molecule has 1 aromatic carbocycles. The van der Waals surface area contributed by atoms with E-state index < -0.39 is 5.60 Å². The molecular formula is C20H24N2O2. The second-order valence-electron chi connectivity index (χ2n) is 6.63. The fourth-order valence-electron chi connectivity index (χ4n) is 3.42. The Hall–Kier alpha value is -2.20. The molecular weight excluding hydrogens is 300 g/mol. The zero-order valence-corrected chi connectivity index (χ0v) is 13.8. The average molecular weight is 324 g/mol. The molecule has 126 valence electrons. The van der Waals surface area contributed by atoms with Crippen molar-refractivity contribution in [1.29, 1.82) is 0 Å². The molecule has 0 radical (unpaired) electrons. The SMILES string of the molecule is O=C(CC1(O)CCCCC1)NC(c1ccccc1)c1ccccn1. The number of carbonyl (C=O) groups excluding carboxylic acids is 1. The zero-order valence-electron chi connectivity index (χ0n) is 13.8. The zero-order chi connectivity index (χ0) is 16.8. The number of carbonyl (C=O) groups is 1. The first-order valence-electron chi connectivity index (χ1n) is 8.64. The van der Waals surface area contributed by atoms with Gasteiger partial charge in [0.1, 0.15) is 0 Å². The minimum Gasteiger partial charge on any atom is -0.389 e. The topological polar surface area (TPSA) is 62.2 Å². The standard InChI is InChI=1S/C20H24N2O2/c23-18(15-20(24)12-6-2-7-13-20)22-19(16-9-3-1-4-10-16)17-11-5-8-14-21-17/h1,3-5,8-11,14,19,24H,2,6-7,12-13,15H2,(H,22,23). The van der Waals surface area contributed by atoms with Crippen molar-refractivity contribution >= 4 is 5.91 Å². The molecule has 1 amide bonds. The number of amides is 1. The van der Waals surface area contributed by atoms with Gasteiger partial charge in [-0.15, -0.1) is 0 Å². The summed E-state index contributed by atoms with van der Waals surface area (Å²) in [6.45, 7) is 0. The van der Waals surface area contributed by atoms with Crippen molar-refractivity contribution in [3.63, 3.8) is 0 Å². The van der Waals surface area contributed by atoms with Gasteiger partial charge in [0.05, 0.1) is 23.8 Å². The average Bonchev–Trinajstić information content (AvgIpc) is 2.61. The molecule has 24 heavy (non-hydrogen) atoms. The highest BCUT2D eigenvalue weighted by molar-refractivity contribution is 5.78. The van der Waals surface area contributed by atoms with E-state index in [1.807, 2.05) is 48.5 Å². The lowest BCUT2D eigenvalue weighted by Crippen LogP contribution is -2.40. The lowest BCUT2D eigenvalue weighted by Gasteiger charge is -2.32. The minimum absolute atomic E-state index is 0.126. The van der Waals surface area contributed by atoms with Crippen molar-refractivity contribution in [3.8, 4) is 0 Å². The Labute approximate surface area is 142 Å². The molecule has 4 nitrogen and oxygen atoms in total. The van der Waals surface area contributed by atoms with Crippen molar-refractivity contribution in [2.45, 2.75) is 50.2 Å². The number of aromatic nitrogens is 1. The van der Waals surface area contributed by atoms with E-state index >= 15 is 0 Å². The predicted molar refractivity (Wildman–Crippen MR) is 93.3 cm³/mol. The van der Waals surface area contributed by atoms with Gasteiger partial charge in [-0.1, -0.05) is 55.7 Å². The molecule has 0 bridgehead atoms. The van der Waals surface area contributed by atoms with Gasteiger partial charge >= 0.3 is 0 Å². The van der Waals surface area contributed by atoms with Crippen LogP contribution in [-0.4, -0.2) is 21.6 Å². The summed E-state index contributed by atoms with van der Waals surface area (Å²) in [7, 11) is 0. The Morgan fingerprint density at radius 2 is 1.79 bits per heavy atom. The lowest BCUT2D eigenvalue weighted by molar-refractivity contribution is -0.128. The van der Waals surface area contributed by atoms with Crippen LogP contribution in [0.1, 0.15) is 55.8 Å². The molecule has 3 rings (SSSR count). The quantitative estimate of drug-likeness (QED) is 0.886. The highest BCUT2D eigenvalue weighted by Crippen LogP contribution is 2.31. The third kappa shape index (κ3) is 4.20. The van der Waals surface area contributed by atoms with Crippen molar-refractivity contribution in [1.82, 2.24) is 10.3 Å². The first kappa shape index (κ1) is 16.7. The predicted octanol–water partition coefficient (Wildman–Crippen LogP) is 3.37. The number of aliphatic hydroxyl groups is 1. The first-order valence-corrected chi connectivity index (χ1v) is 8.64. The van der Waals surface area contributed by atoms with Crippen LogP contribution in [0.25, 0.3) is 0 Å². The summed E-state index contributed by atoms with van der Waals surface area (Å²) in [6.07, 6.45) is 6.43. The van der Waals surface area contributed by atoms with Gasteiger partial charge in [0.2, 0.25) is 5.91 Å². The van der Waals surface area contributed by atoms with Gasteiger partial charge < -0.3 is 10.4 Å². The summed E-state index contributed by atoms with van der Waals surface area (Å²) in [4.78, 5) is 17.0. The highest BCUT2D eigenvalue weighted by Gasteiger charge is 2.32. The van der Waals surface area contributed by atoms with Crippen LogP contribution in [-0.2, 0) is 4.79 Å². The highest BCUT2D eigenvalue weighted by atomic mass is 16.3. The van der Waals surface area contributed by atoms with Gasteiger partial charge in [-0.3, -0.25) is 9.78 Å². The Morgan fingerprint density at radius 3 is 2.46 bits per heavy atom. The van der Waals surface area contributed by atoms with Gasteiger partial charge in [0.25, 0.3) is 0 Å². The van der Waals surface area contributed by atoms with Gasteiger partial charge in [-0.2, -0.15) is 0 Å². The van der Waals surface area contributed by atoms with E-state index in [1.54, 1.807) is 6.20 Å². The van der Waals surface area contributed by atoms with Crippen molar-refractivity contribution < 1.29 is 9.90 Å². The minimum atomic E-state index is -0.853. The number of hydrogen-bond acceptors (Lipinski definition) is 3. The van der Waals surface area contributed by atoms with Crippen LogP contribution < -0.4 is 5.32 Å². The molecule has 2 aromatic rings. The van der Waals surface area contributed by atoms with E-state index in [4.69, 9.17) is 0 Å². The molecule has 0 spiro atoms. The number of rotatable bonds is 5. The van der Waals surface area contributed by atoms with E-state index in [2.05, 4.69) is 10.3 Å². The van der Waals surface area contributed by atoms with Crippen LogP contribution in [0.3, 0.4) is 0 Å². The molecule has 1 aliphatic rings. The fraction of sp³-hybridized carbons (Fsp3) is 0.400. The van der Waals surface area contributed by atoms with E-state index in [0.29, 0.717) is 12.8 Å². The number of nitrogens with one attached hydrogen (secondary N) is 1. The van der Waals surface area contributed by atoms with Crippen LogP contribution in [0.4, 0.5) is 0 Å². The summed E-state index contributed by atoms with van der Waals surface area (Å²) in [5.74, 6) is -0.126. The molecule has 1 aromatic heterocycles. The van der Waals surface area contributed by atoms with Crippen LogP contribution in [0.5, 0.6) is 0 Å². The maximum absolute atomic E-state index is 12.6. The summed E-state index contributed by atoms with van der Waals surface area (Å²) in [5.41, 5.74) is 0.932. The summed E-state index contributed by atoms with van der Waals surface area (Å²) < 4.78 is 0. The van der Waals surface area contributed by atoms with E-state index in [1.165, 1.54) is 0 Å². The third-order valence-electron chi connectivity index (χ3n) is 4.70. The maximum Gasteiger partial charge on any atom is 0.223 e. The van der Waals surface area contributed by atoms with E-state index in [0.717, 1.165) is 30.5 Å². The summed E-state index contributed by atoms with van der Waals surface area (Å²) in [5, 5.41) is 13.7. The van der Waals surface area contributed by atoms with Crippen LogP contribution >= 0.6 is 0 Å². The monoisotopic (exact) mass is 324 g/mol. The van der Waals surface area contributed by atoms with E-state index in [-0.39, 0.29) is 18.4 Å². The number of nitrogens with zero attached hydrogens (tertiary/aromatic N) is 1. The van der Waals surface area contributed by atoms with Crippen LogP contribution in [0, 0.1) is 0 Å². The molecule has 0 aliphatic heterocycles. The Kier molecular flexibility index (Phi) is 5.26. The number of hydrogen-bond donors (Lipinski definition) is 2. The molecule has 0 saturated heterocycles. The summed E-state index contributed by atoms with van der Waals surface area (Å²) in [6, 6.07) is 15.2. The normalized spacial score (nSPS) is 17.9. The largest absolute Gasteiger partial charge is 0.389 e. The molecule has 1 aliphatic carbocycles. The molecule has 2 N–H and O–H groups in total. The second-order valence-corrected chi connectivity index (χ2v) is 6.63. The molecule has 1 fully saturated rings. The molecule has 1 saturated carbocycles. The van der Waals surface area contributed by atoms with E-state index in [9.17, 15) is 9.90 Å². The second kappa shape index (κ2) is 7.58. The first-order chi connectivity index (χ1) is 11.7.